The molecule has 1 saturated heterocycles. The van der Waals surface area contributed by atoms with Gasteiger partial charge in [-0.25, -0.2) is 9.18 Å². The highest BCUT2D eigenvalue weighted by molar-refractivity contribution is 6.53. The van der Waals surface area contributed by atoms with E-state index in [0.29, 0.717) is 13.2 Å². The first-order valence-corrected chi connectivity index (χ1v) is 13.1. The fourth-order valence-corrected chi connectivity index (χ4v) is 6.54. The molecular weight excluding hydrogens is 487 g/mol. The second kappa shape index (κ2) is 8.68. The van der Waals surface area contributed by atoms with Crippen molar-refractivity contribution in [3.8, 4) is 16.8 Å². The molecule has 0 saturated carbocycles. The van der Waals surface area contributed by atoms with Crippen LogP contribution in [0.25, 0.3) is 38.6 Å². The second-order valence-corrected chi connectivity index (χ2v) is 12.1. The minimum absolute atomic E-state index is 0.233. The van der Waals surface area contributed by atoms with Gasteiger partial charge < -0.3 is 14.4 Å². The van der Waals surface area contributed by atoms with Gasteiger partial charge in [-0.2, -0.15) is 5.10 Å². The molecule has 3 aromatic carbocycles. The second-order valence-electron chi connectivity index (χ2n) is 12.1. The van der Waals surface area contributed by atoms with E-state index in [1.165, 1.54) is 12.1 Å². The number of hydrogen-bond donors (Lipinski definition) is 2. The molecule has 0 bridgehead atoms. The number of carboxylic acid groups (broad SMARTS) is 1. The van der Waals surface area contributed by atoms with Gasteiger partial charge in [-0.1, -0.05) is 22.6 Å². The molecule has 190 valence electrons. The lowest BCUT2D eigenvalue weighted by Crippen LogP contribution is -2.60. The Morgan fingerprint density at radius 3 is 2.23 bits per heavy atom. The number of ether oxygens (including phenoxy) is 1. The molecule has 2 N–H and O–H groups in total. The highest BCUT2D eigenvalue weighted by Gasteiger charge is 2.57. The van der Waals surface area contributed by atoms with Crippen molar-refractivity contribution in [2.45, 2.75) is 15.7 Å². The summed E-state index contributed by atoms with van der Waals surface area (Å²) in [7, 11) is 11.3. The fourth-order valence-electron chi connectivity index (χ4n) is 6.54. The molecule has 0 amide bonds. The van der Waals surface area contributed by atoms with Crippen molar-refractivity contribution in [2.75, 3.05) is 13.2 Å². The monoisotopic (exact) mass is 515 g/mol. The molecule has 1 aliphatic heterocycles. The summed E-state index contributed by atoms with van der Waals surface area (Å²) < 4.78 is 22.6. The number of hydrogen-bond acceptors (Lipinski definition) is 3. The molecule has 2 aromatic heterocycles. The summed E-state index contributed by atoms with van der Waals surface area (Å²) in [4.78, 5) is 11.7. The minimum Gasteiger partial charge on any atom is -0.478 e. The fraction of sp³-hybridized carbons (Fsp3) is 0.185. The summed E-state index contributed by atoms with van der Waals surface area (Å²) in [6.07, 6.45) is 1.81. The maximum atomic E-state index is 14.1. The van der Waals surface area contributed by atoms with Gasteiger partial charge >= 0.3 is 5.97 Å². The Labute approximate surface area is 230 Å². The maximum absolute atomic E-state index is 14.1. The Balaban J connectivity index is 1.82. The van der Waals surface area contributed by atoms with Crippen molar-refractivity contribution < 1.29 is 19.0 Å². The van der Waals surface area contributed by atoms with Gasteiger partial charge in [0.05, 0.1) is 22.8 Å². The van der Waals surface area contributed by atoms with E-state index in [-0.39, 0.29) is 21.8 Å². The van der Waals surface area contributed by atoms with E-state index < -0.39 is 11.3 Å². The quantitative estimate of drug-likeness (QED) is 0.345. The topological polar surface area (TPSA) is 80.1 Å². The van der Waals surface area contributed by atoms with Crippen molar-refractivity contribution in [1.29, 1.82) is 0 Å². The highest BCUT2D eigenvalue weighted by atomic mass is 19.1. The number of nitrogens with zero attached hydrogens (tertiary/aromatic N) is 2. The normalized spacial score (nSPS) is 17.9. The van der Waals surface area contributed by atoms with Gasteiger partial charge in [0.25, 0.3) is 0 Å². The van der Waals surface area contributed by atoms with Gasteiger partial charge in [-0.3, -0.25) is 5.10 Å². The lowest BCUT2D eigenvalue weighted by Gasteiger charge is -2.59. The molecule has 12 heteroatoms. The van der Waals surface area contributed by atoms with Crippen LogP contribution >= 0.6 is 0 Å². The summed E-state index contributed by atoms with van der Waals surface area (Å²) in [5.41, 5.74) is 5.99. The standard InChI is InChI=1S/C27H27B5FN3O3/c28-25(29)12-39-13-26(30,31)27(25,32)23-22(14-1-3-15(4-2-14)24(37)38)19-10-20-16(11-34-35-20)9-21(19)36(23)18-7-5-17(33)6-8-18/h1-11H,12-13,28-32H2,(H,34,35)(H,37,38). The van der Waals surface area contributed by atoms with E-state index in [1.54, 1.807) is 12.1 Å². The summed E-state index contributed by atoms with van der Waals surface area (Å²) in [5, 5.41) is 17.9. The lowest BCUT2D eigenvalue weighted by atomic mass is 9.21. The van der Waals surface area contributed by atoms with Crippen LogP contribution in [0.15, 0.2) is 66.9 Å². The predicted octanol–water partition coefficient (Wildman–Crippen LogP) is 0.634. The summed E-state index contributed by atoms with van der Waals surface area (Å²) in [6.45, 7) is 1.17. The van der Waals surface area contributed by atoms with Gasteiger partial charge in [-0.15, -0.1) is 0 Å². The number of aromatic amines is 1. The molecule has 3 heterocycles. The molecule has 5 aromatic rings. The molecule has 0 spiro atoms. The van der Waals surface area contributed by atoms with Crippen LogP contribution in [-0.4, -0.2) is 78.3 Å². The predicted molar refractivity (Wildman–Crippen MR) is 166 cm³/mol. The third-order valence-corrected chi connectivity index (χ3v) is 9.14. The molecule has 6 nitrogen and oxygen atoms in total. The smallest absolute Gasteiger partial charge is 0.335 e. The van der Waals surface area contributed by atoms with E-state index in [2.05, 4.69) is 66.1 Å². The molecule has 6 rings (SSSR count). The molecule has 0 unspecified atom stereocenters. The largest absolute Gasteiger partial charge is 0.478 e. The van der Waals surface area contributed by atoms with Crippen molar-refractivity contribution in [3.63, 3.8) is 0 Å². The lowest BCUT2D eigenvalue weighted by molar-refractivity contribution is 0.0504. The zero-order valence-corrected chi connectivity index (χ0v) is 22.8. The van der Waals surface area contributed by atoms with Crippen molar-refractivity contribution in [1.82, 2.24) is 14.8 Å². The minimum atomic E-state index is -0.964. The number of rotatable bonds is 4. The Morgan fingerprint density at radius 1 is 0.974 bits per heavy atom. The van der Waals surface area contributed by atoms with Crippen LogP contribution in [-0.2, 0) is 10.1 Å². The van der Waals surface area contributed by atoms with Gasteiger partial charge in [-0.05, 0) is 59.4 Å². The molecule has 0 radical (unpaired) electrons. The number of aromatic nitrogens is 3. The van der Waals surface area contributed by atoms with E-state index in [0.717, 1.165) is 44.3 Å². The molecule has 0 aliphatic carbocycles. The number of carboxylic acids is 1. The number of halogens is 1. The van der Waals surface area contributed by atoms with Crippen molar-refractivity contribution in [3.05, 3.63) is 83.9 Å². The van der Waals surface area contributed by atoms with Crippen molar-refractivity contribution >= 4 is 67.0 Å². The third kappa shape index (κ3) is 3.72. The SMILES string of the molecule is BC1(B)COCC(B)(B)C1(B)c1c(-c2ccc(C(=O)O)cc2)c2cc3[nH]ncc3cc2n1-c1ccc(F)cc1. The van der Waals surface area contributed by atoms with E-state index in [4.69, 9.17) is 4.74 Å². The first-order chi connectivity index (χ1) is 18.4. The molecule has 0 atom stereocenters. The molecule has 39 heavy (non-hydrogen) atoms. The van der Waals surface area contributed by atoms with Crippen LogP contribution in [0.4, 0.5) is 4.39 Å². The third-order valence-electron chi connectivity index (χ3n) is 9.14. The van der Waals surface area contributed by atoms with Crippen LogP contribution in [0.2, 0.25) is 10.4 Å². The van der Waals surface area contributed by atoms with Crippen LogP contribution in [0, 0.1) is 5.82 Å². The number of fused-ring (bicyclic) bond motifs is 2. The Kier molecular flexibility index (Phi) is 5.70. The zero-order valence-electron chi connectivity index (χ0n) is 22.8. The highest BCUT2D eigenvalue weighted by Crippen LogP contribution is 2.60. The Morgan fingerprint density at radius 2 is 1.62 bits per heavy atom. The van der Waals surface area contributed by atoms with Crippen LogP contribution in [0.5, 0.6) is 0 Å². The number of nitrogens with one attached hydrogen (secondary N) is 1. The van der Waals surface area contributed by atoms with Crippen LogP contribution in [0.1, 0.15) is 16.1 Å². The van der Waals surface area contributed by atoms with E-state index in [1.807, 2.05) is 30.5 Å². The van der Waals surface area contributed by atoms with Gasteiger partial charge in [0.15, 0.2) is 0 Å². The maximum Gasteiger partial charge on any atom is 0.335 e. The molecule has 1 aliphatic rings. The zero-order chi connectivity index (χ0) is 27.7. The first kappa shape index (κ1) is 25.6. The number of aromatic carboxylic acids is 1. The Hall–Kier alpha value is -3.65. The number of carbonyl (C=O) groups is 1. The van der Waals surface area contributed by atoms with Gasteiger partial charge in [0, 0.05) is 40.9 Å². The number of benzene rings is 3. The summed E-state index contributed by atoms with van der Waals surface area (Å²) >= 11 is 0. The van der Waals surface area contributed by atoms with Gasteiger partial charge in [0.1, 0.15) is 45.0 Å². The average Bonchev–Trinajstić information content (AvgIpc) is 3.48. The Bertz CT molecular complexity index is 1730. The van der Waals surface area contributed by atoms with Crippen LogP contribution in [0.3, 0.4) is 0 Å². The molecule has 1 fully saturated rings. The van der Waals surface area contributed by atoms with E-state index >= 15 is 0 Å². The van der Waals surface area contributed by atoms with Crippen LogP contribution < -0.4 is 0 Å². The van der Waals surface area contributed by atoms with Gasteiger partial charge in [0.2, 0.25) is 0 Å². The summed E-state index contributed by atoms with van der Waals surface area (Å²) in [6, 6.07) is 17.9. The number of H-pyrrole nitrogens is 1. The van der Waals surface area contributed by atoms with E-state index in [9.17, 15) is 14.3 Å². The summed E-state index contributed by atoms with van der Waals surface area (Å²) in [5.74, 6) is -1.26. The molecular formula is C27H27B5FN3O3. The average molecular weight is 515 g/mol. The first-order valence-electron chi connectivity index (χ1n) is 13.1. The van der Waals surface area contributed by atoms with Crippen molar-refractivity contribution in [2.24, 2.45) is 0 Å².